The third kappa shape index (κ3) is 3.10. The summed E-state index contributed by atoms with van der Waals surface area (Å²) in [6.07, 6.45) is 4.34. The van der Waals surface area contributed by atoms with E-state index in [0.717, 1.165) is 38.3 Å². The van der Waals surface area contributed by atoms with Gasteiger partial charge in [-0.05, 0) is 37.8 Å². The first-order valence-corrected chi connectivity index (χ1v) is 8.02. The Morgan fingerprint density at radius 3 is 3.10 bits per heavy atom. The second-order valence-electron chi connectivity index (χ2n) is 6.63. The number of carbonyl (C=O) groups excluding carboxylic acids is 1. The zero-order chi connectivity index (χ0) is 14.8. The zero-order valence-corrected chi connectivity index (χ0v) is 13.0. The number of fused-ring (bicyclic) bond motifs is 1. The molecule has 0 saturated carbocycles. The number of aromatic nitrogens is 3. The number of hydrogen-bond donors (Lipinski definition) is 1. The third-order valence-electron chi connectivity index (χ3n) is 4.56. The summed E-state index contributed by atoms with van der Waals surface area (Å²) in [6, 6.07) is 0.372. The summed E-state index contributed by atoms with van der Waals surface area (Å²) in [4.78, 5) is 18.8. The fourth-order valence-electron chi connectivity index (χ4n) is 3.52. The molecule has 6 heteroatoms. The molecule has 0 radical (unpaired) electrons. The third-order valence-corrected chi connectivity index (χ3v) is 4.56. The molecule has 1 aromatic rings. The number of nitrogens with one attached hydrogen (secondary N) is 1. The van der Waals surface area contributed by atoms with Crippen LogP contribution in [-0.2, 0) is 17.9 Å². The molecule has 0 aromatic carbocycles. The molecule has 1 N–H and O–H groups in total. The maximum Gasteiger partial charge on any atom is 0.223 e. The molecule has 2 fully saturated rings. The Kier molecular flexibility index (Phi) is 4.24. The Morgan fingerprint density at radius 1 is 1.43 bits per heavy atom. The molecule has 1 amide bonds. The van der Waals surface area contributed by atoms with Gasteiger partial charge >= 0.3 is 0 Å². The van der Waals surface area contributed by atoms with E-state index in [1.807, 2.05) is 4.68 Å². The van der Waals surface area contributed by atoms with Gasteiger partial charge in [0, 0.05) is 19.0 Å². The maximum absolute atomic E-state index is 12.4. The second kappa shape index (κ2) is 6.13. The second-order valence-corrected chi connectivity index (χ2v) is 6.63. The lowest BCUT2D eigenvalue weighted by Crippen LogP contribution is -2.54. The van der Waals surface area contributed by atoms with Crippen LogP contribution in [0.15, 0.2) is 6.33 Å². The molecule has 2 unspecified atom stereocenters. The number of piperidine rings is 2. The van der Waals surface area contributed by atoms with E-state index in [9.17, 15) is 4.79 Å². The van der Waals surface area contributed by atoms with Crippen molar-refractivity contribution >= 4 is 5.91 Å². The van der Waals surface area contributed by atoms with Crippen LogP contribution < -0.4 is 5.32 Å². The summed E-state index contributed by atoms with van der Waals surface area (Å²) in [6.45, 7) is 7.83. The van der Waals surface area contributed by atoms with Crippen molar-refractivity contribution in [2.45, 2.75) is 52.2 Å². The van der Waals surface area contributed by atoms with Gasteiger partial charge in [-0.1, -0.05) is 13.8 Å². The summed E-state index contributed by atoms with van der Waals surface area (Å²) in [5.74, 6) is 2.31. The fraction of sp³-hybridized carbons (Fsp3) is 0.800. The predicted octanol–water partition coefficient (Wildman–Crippen LogP) is 1.03. The van der Waals surface area contributed by atoms with Gasteiger partial charge in [-0.2, -0.15) is 5.10 Å². The summed E-state index contributed by atoms with van der Waals surface area (Å²) < 4.78 is 1.95. The molecule has 3 heterocycles. The minimum absolute atomic E-state index is 0.275. The Balaban J connectivity index is 1.75. The molecular formula is C15H25N5O. The number of hydrogen-bond acceptors (Lipinski definition) is 4. The van der Waals surface area contributed by atoms with Crippen LogP contribution in [0.25, 0.3) is 0 Å². The predicted molar refractivity (Wildman–Crippen MR) is 79.4 cm³/mol. The summed E-state index contributed by atoms with van der Waals surface area (Å²) >= 11 is 0. The van der Waals surface area contributed by atoms with Gasteiger partial charge in [0.05, 0.1) is 6.54 Å². The summed E-state index contributed by atoms with van der Waals surface area (Å²) in [7, 11) is 0. The van der Waals surface area contributed by atoms with Crippen LogP contribution >= 0.6 is 0 Å². The first-order valence-electron chi connectivity index (χ1n) is 8.02. The molecule has 3 rings (SSSR count). The van der Waals surface area contributed by atoms with Crippen molar-refractivity contribution in [3.05, 3.63) is 12.2 Å². The molecule has 2 saturated heterocycles. The van der Waals surface area contributed by atoms with E-state index in [1.54, 1.807) is 6.33 Å². The van der Waals surface area contributed by atoms with E-state index >= 15 is 0 Å². The largest absolute Gasteiger partial charge is 0.332 e. The average molecular weight is 291 g/mol. The van der Waals surface area contributed by atoms with E-state index in [-0.39, 0.29) is 5.91 Å². The Hall–Kier alpha value is -1.43. The molecule has 21 heavy (non-hydrogen) atoms. The SMILES string of the molecule is CC(C)Cn1ncnc1CN1C(=O)CCC2CNCCC21. The molecule has 0 spiro atoms. The van der Waals surface area contributed by atoms with Crippen LogP contribution in [0.2, 0.25) is 0 Å². The van der Waals surface area contributed by atoms with Gasteiger partial charge in [0.2, 0.25) is 5.91 Å². The highest BCUT2D eigenvalue weighted by atomic mass is 16.2. The van der Waals surface area contributed by atoms with E-state index in [1.165, 1.54) is 0 Å². The average Bonchev–Trinajstić information content (AvgIpc) is 2.88. The number of nitrogens with zero attached hydrogens (tertiary/aromatic N) is 4. The molecule has 1 aromatic heterocycles. The Morgan fingerprint density at radius 2 is 2.29 bits per heavy atom. The lowest BCUT2D eigenvalue weighted by atomic mass is 9.84. The molecule has 116 valence electrons. The van der Waals surface area contributed by atoms with E-state index in [0.29, 0.717) is 30.8 Å². The lowest BCUT2D eigenvalue weighted by molar-refractivity contribution is -0.140. The fourth-order valence-corrected chi connectivity index (χ4v) is 3.52. The van der Waals surface area contributed by atoms with Crippen LogP contribution in [0.3, 0.4) is 0 Å². The maximum atomic E-state index is 12.4. The minimum Gasteiger partial charge on any atom is -0.332 e. The van der Waals surface area contributed by atoms with Gasteiger partial charge in [-0.3, -0.25) is 4.79 Å². The van der Waals surface area contributed by atoms with Crippen molar-refractivity contribution in [1.29, 1.82) is 0 Å². The van der Waals surface area contributed by atoms with Gasteiger partial charge < -0.3 is 10.2 Å². The van der Waals surface area contributed by atoms with Crippen molar-refractivity contribution in [1.82, 2.24) is 25.0 Å². The number of carbonyl (C=O) groups is 1. The van der Waals surface area contributed by atoms with Crippen LogP contribution in [0.4, 0.5) is 0 Å². The van der Waals surface area contributed by atoms with Gasteiger partial charge in [0.15, 0.2) is 0 Å². The molecule has 2 aliphatic heterocycles. The number of likely N-dealkylation sites (tertiary alicyclic amines) is 1. The zero-order valence-electron chi connectivity index (χ0n) is 13.0. The standard InChI is InChI=1S/C15H25N5O/c1-11(2)8-20-14(17-10-18-20)9-19-13-5-6-16-7-12(13)3-4-15(19)21/h10-13,16H,3-9H2,1-2H3. The quantitative estimate of drug-likeness (QED) is 0.900. The Bertz CT molecular complexity index is 498. The number of rotatable bonds is 4. The van der Waals surface area contributed by atoms with Crippen molar-refractivity contribution in [2.24, 2.45) is 11.8 Å². The van der Waals surface area contributed by atoms with Crippen LogP contribution in [-0.4, -0.2) is 44.7 Å². The van der Waals surface area contributed by atoms with Gasteiger partial charge in [-0.25, -0.2) is 9.67 Å². The molecule has 6 nitrogen and oxygen atoms in total. The topological polar surface area (TPSA) is 63.1 Å². The van der Waals surface area contributed by atoms with Gasteiger partial charge in [0.25, 0.3) is 0 Å². The highest BCUT2D eigenvalue weighted by Crippen LogP contribution is 2.29. The van der Waals surface area contributed by atoms with Gasteiger partial charge in [0.1, 0.15) is 12.2 Å². The first-order chi connectivity index (χ1) is 10.1. The molecule has 2 atom stereocenters. The van der Waals surface area contributed by atoms with E-state index in [2.05, 4.69) is 34.1 Å². The number of amides is 1. The van der Waals surface area contributed by atoms with Crippen molar-refractivity contribution in [2.75, 3.05) is 13.1 Å². The minimum atomic E-state index is 0.275. The van der Waals surface area contributed by atoms with Crippen LogP contribution in [0.5, 0.6) is 0 Å². The normalized spacial score (nSPS) is 26.2. The smallest absolute Gasteiger partial charge is 0.223 e. The van der Waals surface area contributed by atoms with Crippen molar-refractivity contribution < 1.29 is 4.79 Å². The summed E-state index contributed by atoms with van der Waals surface area (Å²) in [5.41, 5.74) is 0. The van der Waals surface area contributed by atoms with Crippen molar-refractivity contribution in [3.8, 4) is 0 Å². The highest BCUT2D eigenvalue weighted by Gasteiger charge is 2.37. The molecule has 0 bridgehead atoms. The van der Waals surface area contributed by atoms with Crippen molar-refractivity contribution in [3.63, 3.8) is 0 Å². The van der Waals surface area contributed by atoms with Gasteiger partial charge in [-0.15, -0.1) is 0 Å². The Labute approximate surface area is 125 Å². The molecule has 2 aliphatic rings. The summed E-state index contributed by atoms with van der Waals surface area (Å²) in [5, 5.41) is 7.75. The highest BCUT2D eigenvalue weighted by molar-refractivity contribution is 5.77. The van der Waals surface area contributed by atoms with E-state index in [4.69, 9.17) is 0 Å². The lowest BCUT2D eigenvalue weighted by Gasteiger charge is -2.43. The van der Waals surface area contributed by atoms with Crippen LogP contribution in [0, 0.1) is 11.8 Å². The van der Waals surface area contributed by atoms with Crippen LogP contribution in [0.1, 0.15) is 38.9 Å². The molecular weight excluding hydrogens is 266 g/mol. The van der Waals surface area contributed by atoms with E-state index < -0.39 is 0 Å². The molecule has 0 aliphatic carbocycles. The first kappa shape index (κ1) is 14.5. The monoisotopic (exact) mass is 291 g/mol.